The molecule has 2 aromatic carbocycles. The molecule has 1 aliphatic heterocycles. The van der Waals surface area contributed by atoms with E-state index in [1.54, 1.807) is 17.3 Å². The van der Waals surface area contributed by atoms with E-state index >= 15 is 0 Å². The first kappa shape index (κ1) is 21.7. The Kier molecular flexibility index (Phi) is 6.55. The number of carbonyl (C=O) groups excluding carboxylic acids is 1. The van der Waals surface area contributed by atoms with Crippen LogP contribution in [0.1, 0.15) is 28.9 Å². The van der Waals surface area contributed by atoms with Crippen LogP contribution in [0.3, 0.4) is 0 Å². The fourth-order valence-corrected chi connectivity index (χ4v) is 4.53. The van der Waals surface area contributed by atoms with Crippen molar-refractivity contribution in [1.29, 1.82) is 0 Å². The van der Waals surface area contributed by atoms with Gasteiger partial charge in [0.05, 0.1) is 4.47 Å². The minimum absolute atomic E-state index is 0. The molecule has 8 heteroatoms. The molecule has 5 rings (SSSR count). The quantitative estimate of drug-likeness (QED) is 0.570. The maximum Gasteiger partial charge on any atom is 0.410 e. The minimum atomic E-state index is -0.324. The molecule has 1 unspecified atom stereocenters. The number of piperazine rings is 1. The van der Waals surface area contributed by atoms with Gasteiger partial charge < -0.3 is 10.1 Å². The van der Waals surface area contributed by atoms with Gasteiger partial charge in [-0.05, 0) is 38.2 Å². The summed E-state index contributed by atoms with van der Waals surface area (Å²) in [6.45, 7) is 2.19. The van der Waals surface area contributed by atoms with Gasteiger partial charge >= 0.3 is 6.09 Å². The van der Waals surface area contributed by atoms with Crippen LogP contribution in [0.15, 0.2) is 65.4 Å². The van der Waals surface area contributed by atoms with E-state index in [0.29, 0.717) is 25.5 Å². The van der Waals surface area contributed by atoms with Crippen LogP contribution in [0, 0.1) is 0 Å². The predicted molar refractivity (Wildman–Crippen MR) is 124 cm³/mol. The number of amides is 1. The Morgan fingerprint density at radius 1 is 1.06 bits per heavy atom. The van der Waals surface area contributed by atoms with Crippen LogP contribution in [-0.2, 0) is 4.74 Å². The number of fused-ring (bicyclic) bond motifs is 3. The second-order valence-corrected chi connectivity index (χ2v) is 8.39. The molecule has 0 spiro atoms. The molecule has 1 N–H and O–H groups in total. The second-order valence-electron chi connectivity index (χ2n) is 7.48. The first-order valence-electron chi connectivity index (χ1n) is 10.0. The number of hydrogen-bond donors (Lipinski definition) is 1. The summed E-state index contributed by atoms with van der Waals surface area (Å²) in [5.41, 5.74) is 4.86. The molecule has 0 saturated carbocycles. The number of hydrogen-bond acceptors (Lipinski definition) is 5. The molecule has 2 aliphatic rings. The lowest BCUT2D eigenvalue weighted by Crippen LogP contribution is -2.49. The molecular formula is C23H22BrClN4O2. The fourth-order valence-electron chi connectivity index (χ4n) is 4.32. The highest BCUT2D eigenvalue weighted by Gasteiger charge is 2.33. The molecule has 6 nitrogen and oxygen atoms in total. The summed E-state index contributed by atoms with van der Waals surface area (Å²) in [6.07, 6.45) is 3.08. The third-order valence-corrected chi connectivity index (χ3v) is 6.16. The summed E-state index contributed by atoms with van der Waals surface area (Å²) in [5.74, 6) is 0.658. The van der Waals surface area contributed by atoms with Gasteiger partial charge in [-0.1, -0.05) is 48.5 Å². The van der Waals surface area contributed by atoms with E-state index in [1.807, 2.05) is 24.3 Å². The standard InChI is InChI=1S/C23H21BrN4O2.ClH/c24-15-11-26-22(27-12-15)21-13-25-9-10-28(21)23(29)30-14-20-18-7-3-1-5-16(18)17-6-2-4-8-19(17)20;/h1-8,11-12,20-21,25H,9-10,13-14H2;1H. The third kappa shape index (κ3) is 4.18. The van der Waals surface area contributed by atoms with Crippen molar-refractivity contribution in [3.63, 3.8) is 0 Å². The van der Waals surface area contributed by atoms with E-state index in [0.717, 1.165) is 11.0 Å². The van der Waals surface area contributed by atoms with Gasteiger partial charge in [-0.2, -0.15) is 0 Å². The van der Waals surface area contributed by atoms with E-state index in [2.05, 4.69) is 55.5 Å². The molecule has 1 aromatic heterocycles. The summed E-state index contributed by atoms with van der Waals surface area (Å²) >= 11 is 3.36. The Hall–Kier alpha value is -2.48. The Labute approximate surface area is 195 Å². The number of nitrogens with zero attached hydrogens (tertiary/aromatic N) is 3. The minimum Gasteiger partial charge on any atom is -0.448 e. The smallest absolute Gasteiger partial charge is 0.410 e. The molecule has 3 aromatic rings. The lowest BCUT2D eigenvalue weighted by Gasteiger charge is -2.34. The third-order valence-electron chi connectivity index (χ3n) is 5.75. The van der Waals surface area contributed by atoms with Crippen molar-refractivity contribution in [2.75, 3.05) is 26.2 Å². The summed E-state index contributed by atoms with van der Waals surface area (Å²) in [4.78, 5) is 23.5. The maximum absolute atomic E-state index is 13.0. The molecule has 160 valence electrons. The van der Waals surface area contributed by atoms with Crippen LogP contribution in [0.2, 0.25) is 0 Å². The van der Waals surface area contributed by atoms with Crippen molar-refractivity contribution >= 4 is 34.4 Å². The summed E-state index contributed by atoms with van der Waals surface area (Å²) in [5, 5.41) is 3.31. The fraction of sp³-hybridized carbons (Fsp3) is 0.261. The van der Waals surface area contributed by atoms with Gasteiger partial charge in [0.25, 0.3) is 0 Å². The van der Waals surface area contributed by atoms with E-state index in [9.17, 15) is 4.79 Å². The number of aromatic nitrogens is 2. The van der Waals surface area contributed by atoms with Gasteiger partial charge in [-0.25, -0.2) is 14.8 Å². The van der Waals surface area contributed by atoms with Gasteiger partial charge in [-0.3, -0.25) is 4.90 Å². The highest BCUT2D eigenvalue weighted by molar-refractivity contribution is 9.10. The lowest BCUT2D eigenvalue weighted by molar-refractivity contribution is 0.0733. The molecule has 1 amide bonds. The second kappa shape index (κ2) is 9.34. The van der Waals surface area contributed by atoms with E-state index in [4.69, 9.17) is 4.74 Å². The Balaban J connectivity index is 0.00000231. The zero-order valence-corrected chi connectivity index (χ0v) is 19.1. The molecule has 1 atom stereocenters. The van der Waals surface area contributed by atoms with E-state index in [-0.39, 0.29) is 30.5 Å². The van der Waals surface area contributed by atoms with Crippen molar-refractivity contribution in [3.8, 4) is 11.1 Å². The summed E-state index contributed by atoms with van der Waals surface area (Å²) < 4.78 is 6.66. The Bertz CT molecular complexity index is 1030. The molecule has 1 fully saturated rings. The molecule has 0 bridgehead atoms. The van der Waals surface area contributed by atoms with Gasteiger partial charge in [0.1, 0.15) is 12.6 Å². The van der Waals surface area contributed by atoms with Gasteiger partial charge in [0, 0.05) is 37.9 Å². The van der Waals surface area contributed by atoms with Crippen molar-refractivity contribution < 1.29 is 9.53 Å². The SMILES string of the molecule is Cl.O=C(OCC1c2ccccc2-c2ccccc21)N1CCNCC1c1ncc(Br)cn1. The van der Waals surface area contributed by atoms with E-state index in [1.165, 1.54) is 22.3 Å². The first-order chi connectivity index (χ1) is 14.7. The van der Waals surface area contributed by atoms with Crippen molar-refractivity contribution in [3.05, 3.63) is 82.3 Å². The highest BCUT2D eigenvalue weighted by atomic mass is 79.9. The number of benzene rings is 2. The lowest BCUT2D eigenvalue weighted by atomic mass is 9.98. The van der Waals surface area contributed by atoms with Crippen LogP contribution in [-0.4, -0.2) is 47.2 Å². The van der Waals surface area contributed by atoms with Crippen molar-refractivity contribution in [2.24, 2.45) is 0 Å². The van der Waals surface area contributed by atoms with Crippen LogP contribution < -0.4 is 5.32 Å². The van der Waals surface area contributed by atoms with E-state index < -0.39 is 0 Å². The first-order valence-corrected chi connectivity index (χ1v) is 10.8. The van der Waals surface area contributed by atoms with Crippen molar-refractivity contribution in [2.45, 2.75) is 12.0 Å². The number of ether oxygens (including phenoxy) is 1. The number of nitrogens with one attached hydrogen (secondary N) is 1. The zero-order valence-electron chi connectivity index (χ0n) is 16.7. The predicted octanol–water partition coefficient (Wildman–Crippen LogP) is 4.56. The van der Waals surface area contributed by atoms with Gasteiger partial charge in [0.2, 0.25) is 0 Å². The molecule has 2 heterocycles. The number of rotatable bonds is 3. The molecular weight excluding hydrogens is 480 g/mol. The van der Waals surface area contributed by atoms with Gasteiger partial charge in [-0.15, -0.1) is 12.4 Å². The molecule has 1 saturated heterocycles. The average Bonchev–Trinajstić information content (AvgIpc) is 3.12. The zero-order chi connectivity index (χ0) is 20.5. The monoisotopic (exact) mass is 500 g/mol. The largest absolute Gasteiger partial charge is 0.448 e. The number of halogens is 2. The van der Waals surface area contributed by atoms with Crippen LogP contribution in [0.25, 0.3) is 11.1 Å². The van der Waals surface area contributed by atoms with Crippen LogP contribution in [0.5, 0.6) is 0 Å². The normalized spacial score (nSPS) is 17.5. The molecule has 1 aliphatic carbocycles. The summed E-state index contributed by atoms with van der Waals surface area (Å²) in [7, 11) is 0. The van der Waals surface area contributed by atoms with Gasteiger partial charge in [0.15, 0.2) is 5.82 Å². The highest BCUT2D eigenvalue weighted by Crippen LogP contribution is 2.44. The van der Waals surface area contributed by atoms with Crippen molar-refractivity contribution in [1.82, 2.24) is 20.2 Å². The van der Waals surface area contributed by atoms with Crippen LogP contribution >= 0.6 is 28.3 Å². The van der Waals surface area contributed by atoms with Crippen LogP contribution in [0.4, 0.5) is 4.79 Å². The number of carbonyl (C=O) groups is 1. The molecule has 31 heavy (non-hydrogen) atoms. The Morgan fingerprint density at radius 2 is 1.68 bits per heavy atom. The summed E-state index contributed by atoms with van der Waals surface area (Å²) in [6, 6.07) is 16.4. The Morgan fingerprint density at radius 3 is 2.32 bits per heavy atom. The molecule has 0 radical (unpaired) electrons. The average molecular weight is 502 g/mol. The maximum atomic E-state index is 13.0. The topological polar surface area (TPSA) is 67.3 Å².